The van der Waals surface area contributed by atoms with Crippen LogP contribution in [0.25, 0.3) is 0 Å². The average Bonchev–Trinajstić information content (AvgIpc) is 2.54. The van der Waals surface area contributed by atoms with Gasteiger partial charge in [0.15, 0.2) is 0 Å². The number of carbonyl (C=O) groups is 2. The molecule has 126 valence electrons. The van der Waals surface area contributed by atoms with Gasteiger partial charge in [0.25, 0.3) is 5.91 Å². The Morgan fingerprint density at radius 2 is 1.78 bits per heavy atom. The lowest BCUT2D eigenvalue weighted by Crippen LogP contribution is -2.40. The maximum atomic E-state index is 12.3. The van der Waals surface area contributed by atoms with Gasteiger partial charge in [-0.1, -0.05) is 0 Å². The van der Waals surface area contributed by atoms with Crippen LogP contribution in [-0.4, -0.2) is 62.6 Å². The van der Waals surface area contributed by atoms with E-state index in [9.17, 15) is 18.0 Å². The third kappa shape index (κ3) is 4.27. The first-order chi connectivity index (χ1) is 10.8. The molecule has 1 fully saturated rings. The summed E-state index contributed by atoms with van der Waals surface area (Å²) in [5.41, 5.74) is 0.372. The first-order valence-corrected chi connectivity index (χ1v) is 8.52. The summed E-state index contributed by atoms with van der Waals surface area (Å²) in [5, 5.41) is 8.77. The standard InChI is InChI=1S/C14H18N2O6S/c1-10(14(18)19)15-23(20,21)12-4-2-11(3-5-12)13(17)16-6-8-22-9-7-16/h2-5,10,15H,6-9H2,1H3,(H,18,19)/t10-/m0/s1. The van der Waals surface area contributed by atoms with Crippen molar-refractivity contribution in [2.24, 2.45) is 0 Å². The van der Waals surface area contributed by atoms with E-state index < -0.39 is 22.0 Å². The van der Waals surface area contributed by atoms with Gasteiger partial charge in [0, 0.05) is 18.7 Å². The van der Waals surface area contributed by atoms with E-state index >= 15 is 0 Å². The summed E-state index contributed by atoms with van der Waals surface area (Å²) in [6, 6.07) is 4.15. The van der Waals surface area contributed by atoms with Gasteiger partial charge in [0.05, 0.1) is 18.1 Å². The molecule has 0 radical (unpaired) electrons. The molecule has 0 saturated carbocycles. The van der Waals surface area contributed by atoms with Gasteiger partial charge < -0.3 is 14.7 Å². The molecule has 0 aromatic heterocycles. The minimum Gasteiger partial charge on any atom is -0.480 e. The molecule has 0 unspecified atom stereocenters. The Balaban J connectivity index is 2.12. The van der Waals surface area contributed by atoms with E-state index in [4.69, 9.17) is 9.84 Å². The van der Waals surface area contributed by atoms with Crippen LogP contribution in [0.15, 0.2) is 29.2 Å². The number of morpholine rings is 1. The number of amides is 1. The van der Waals surface area contributed by atoms with Gasteiger partial charge in [0.1, 0.15) is 6.04 Å². The second-order valence-electron chi connectivity index (χ2n) is 5.11. The summed E-state index contributed by atoms with van der Waals surface area (Å²) in [5.74, 6) is -1.46. The molecule has 9 heteroatoms. The molecule has 2 N–H and O–H groups in total. The number of hydrogen-bond acceptors (Lipinski definition) is 5. The summed E-state index contributed by atoms with van der Waals surface area (Å²) < 4.78 is 31.3. The van der Waals surface area contributed by atoms with E-state index in [1.54, 1.807) is 4.90 Å². The first kappa shape index (κ1) is 17.4. The van der Waals surface area contributed by atoms with Crippen LogP contribution in [0, 0.1) is 0 Å². The molecule has 1 aliphatic rings. The first-order valence-electron chi connectivity index (χ1n) is 7.03. The fourth-order valence-electron chi connectivity index (χ4n) is 2.08. The van der Waals surface area contributed by atoms with Crippen molar-refractivity contribution in [3.8, 4) is 0 Å². The summed E-state index contributed by atoms with van der Waals surface area (Å²) in [7, 11) is -3.95. The summed E-state index contributed by atoms with van der Waals surface area (Å²) in [6.07, 6.45) is 0. The number of hydrogen-bond donors (Lipinski definition) is 2. The largest absolute Gasteiger partial charge is 0.480 e. The van der Waals surface area contributed by atoms with Gasteiger partial charge >= 0.3 is 5.97 Å². The number of ether oxygens (including phenoxy) is 1. The third-order valence-electron chi connectivity index (χ3n) is 3.41. The highest BCUT2D eigenvalue weighted by molar-refractivity contribution is 7.89. The maximum absolute atomic E-state index is 12.3. The van der Waals surface area contributed by atoms with Crippen LogP contribution < -0.4 is 4.72 Å². The quantitative estimate of drug-likeness (QED) is 0.773. The Kier molecular flexibility index (Phi) is 5.34. The van der Waals surface area contributed by atoms with Crippen LogP contribution in [0.4, 0.5) is 0 Å². The van der Waals surface area contributed by atoms with Crippen molar-refractivity contribution in [2.75, 3.05) is 26.3 Å². The number of benzene rings is 1. The Morgan fingerprint density at radius 1 is 1.22 bits per heavy atom. The molecule has 23 heavy (non-hydrogen) atoms. The predicted octanol–water partition coefficient (Wildman–Crippen LogP) is -0.0896. The number of sulfonamides is 1. The van der Waals surface area contributed by atoms with Crippen LogP contribution in [0.2, 0.25) is 0 Å². The second kappa shape index (κ2) is 7.07. The molecule has 1 saturated heterocycles. The second-order valence-corrected chi connectivity index (χ2v) is 6.82. The Morgan fingerprint density at radius 3 is 2.30 bits per heavy atom. The number of nitrogens with zero attached hydrogens (tertiary/aromatic N) is 1. The van der Waals surface area contributed by atoms with Gasteiger partial charge in [-0.15, -0.1) is 0 Å². The van der Waals surface area contributed by atoms with Crippen LogP contribution in [-0.2, 0) is 19.6 Å². The topological polar surface area (TPSA) is 113 Å². The molecule has 1 heterocycles. The number of aliphatic carboxylic acids is 1. The zero-order valence-corrected chi connectivity index (χ0v) is 13.4. The number of carboxylic acid groups (broad SMARTS) is 1. The van der Waals surface area contributed by atoms with E-state index in [0.29, 0.717) is 31.9 Å². The minimum atomic E-state index is -3.95. The zero-order valence-electron chi connectivity index (χ0n) is 12.6. The summed E-state index contributed by atoms with van der Waals surface area (Å²) in [6.45, 7) is 3.19. The van der Waals surface area contributed by atoms with Gasteiger partial charge in [-0.3, -0.25) is 9.59 Å². The zero-order chi connectivity index (χ0) is 17.0. The van der Waals surface area contributed by atoms with Crippen molar-refractivity contribution in [1.29, 1.82) is 0 Å². The Hall–Kier alpha value is -1.97. The van der Waals surface area contributed by atoms with Crippen molar-refractivity contribution in [3.05, 3.63) is 29.8 Å². The minimum absolute atomic E-state index is 0.0934. The molecular formula is C14H18N2O6S. The smallest absolute Gasteiger partial charge is 0.321 e. The molecular weight excluding hydrogens is 324 g/mol. The molecule has 1 aromatic rings. The lowest BCUT2D eigenvalue weighted by molar-refractivity contribution is -0.138. The van der Waals surface area contributed by atoms with Crippen molar-refractivity contribution in [3.63, 3.8) is 0 Å². The molecule has 8 nitrogen and oxygen atoms in total. The van der Waals surface area contributed by atoms with E-state index in [1.165, 1.54) is 31.2 Å². The number of nitrogens with one attached hydrogen (secondary N) is 1. The van der Waals surface area contributed by atoms with Crippen LogP contribution in [0.5, 0.6) is 0 Å². The molecule has 1 aliphatic heterocycles. The van der Waals surface area contributed by atoms with Crippen molar-refractivity contribution >= 4 is 21.9 Å². The summed E-state index contributed by atoms with van der Waals surface area (Å²) >= 11 is 0. The van der Waals surface area contributed by atoms with Crippen LogP contribution in [0.1, 0.15) is 17.3 Å². The molecule has 0 aliphatic carbocycles. The fourth-order valence-corrected chi connectivity index (χ4v) is 3.27. The van der Waals surface area contributed by atoms with Gasteiger partial charge in [-0.05, 0) is 31.2 Å². The molecule has 2 rings (SSSR count). The fraction of sp³-hybridized carbons (Fsp3) is 0.429. The van der Waals surface area contributed by atoms with E-state index in [2.05, 4.69) is 0 Å². The SMILES string of the molecule is C[C@H](NS(=O)(=O)c1ccc(C(=O)N2CCOCC2)cc1)C(=O)O. The molecule has 0 spiro atoms. The van der Waals surface area contributed by atoms with Crippen molar-refractivity contribution in [1.82, 2.24) is 9.62 Å². The molecule has 0 bridgehead atoms. The Labute approximate surface area is 134 Å². The maximum Gasteiger partial charge on any atom is 0.321 e. The lowest BCUT2D eigenvalue weighted by atomic mass is 10.2. The van der Waals surface area contributed by atoms with Gasteiger partial charge in [-0.25, -0.2) is 8.42 Å². The normalized spacial score (nSPS) is 16.8. The highest BCUT2D eigenvalue weighted by atomic mass is 32.2. The van der Waals surface area contributed by atoms with Crippen LogP contribution in [0.3, 0.4) is 0 Å². The van der Waals surface area contributed by atoms with E-state index in [0.717, 1.165) is 0 Å². The molecule has 1 aromatic carbocycles. The van der Waals surface area contributed by atoms with Crippen LogP contribution >= 0.6 is 0 Å². The average molecular weight is 342 g/mol. The monoisotopic (exact) mass is 342 g/mol. The predicted molar refractivity (Wildman–Crippen MR) is 80.6 cm³/mol. The lowest BCUT2D eigenvalue weighted by Gasteiger charge is -2.26. The number of carbonyl (C=O) groups excluding carboxylic acids is 1. The molecule has 1 amide bonds. The third-order valence-corrected chi connectivity index (χ3v) is 4.97. The molecule has 1 atom stereocenters. The van der Waals surface area contributed by atoms with E-state index in [1.807, 2.05) is 4.72 Å². The van der Waals surface area contributed by atoms with E-state index in [-0.39, 0.29) is 10.8 Å². The summed E-state index contributed by atoms with van der Waals surface area (Å²) in [4.78, 5) is 24.5. The van der Waals surface area contributed by atoms with Crippen molar-refractivity contribution < 1.29 is 27.9 Å². The van der Waals surface area contributed by atoms with Crippen molar-refractivity contribution in [2.45, 2.75) is 17.9 Å². The number of rotatable bonds is 5. The Bertz CT molecular complexity index is 680. The highest BCUT2D eigenvalue weighted by Gasteiger charge is 2.23. The number of carboxylic acids is 1. The van der Waals surface area contributed by atoms with Gasteiger partial charge in [-0.2, -0.15) is 4.72 Å². The van der Waals surface area contributed by atoms with Gasteiger partial charge in [0.2, 0.25) is 10.0 Å². The highest BCUT2D eigenvalue weighted by Crippen LogP contribution is 2.13.